The van der Waals surface area contributed by atoms with Gasteiger partial charge in [0, 0.05) is 0 Å². The van der Waals surface area contributed by atoms with Crippen molar-refractivity contribution < 1.29 is 0 Å². The van der Waals surface area contributed by atoms with Crippen LogP contribution in [0.2, 0.25) is 0 Å². The molecular formula is C22H30. The van der Waals surface area contributed by atoms with E-state index in [9.17, 15) is 0 Å². The molecule has 0 saturated heterocycles. The molecule has 0 nitrogen and oxygen atoms in total. The molecule has 0 N–H and O–H groups in total. The fraction of sp³-hybridized carbons (Fsp3) is 0.545. The van der Waals surface area contributed by atoms with Gasteiger partial charge in [-0.3, -0.25) is 0 Å². The van der Waals surface area contributed by atoms with Crippen LogP contribution in [-0.4, -0.2) is 0 Å². The number of hydrogen-bond acceptors (Lipinski definition) is 0. The molecule has 0 radical (unpaired) electrons. The highest BCUT2D eigenvalue weighted by Crippen LogP contribution is 2.38. The van der Waals surface area contributed by atoms with Crippen LogP contribution < -0.4 is 0 Å². The van der Waals surface area contributed by atoms with Gasteiger partial charge in [-0.15, -0.1) is 0 Å². The van der Waals surface area contributed by atoms with Crippen molar-refractivity contribution in [3.63, 3.8) is 0 Å². The monoisotopic (exact) mass is 294 g/mol. The van der Waals surface area contributed by atoms with Gasteiger partial charge < -0.3 is 0 Å². The lowest BCUT2D eigenvalue weighted by Crippen LogP contribution is -2.13. The normalized spacial score (nSPS) is 22.1. The fourth-order valence-corrected chi connectivity index (χ4v) is 4.20. The minimum Gasteiger partial charge on any atom is -0.0654 e. The van der Waals surface area contributed by atoms with Crippen LogP contribution in [0.15, 0.2) is 36.4 Å². The van der Waals surface area contributed by atoms with Gasteiger partial charge in [0.15, 0.2) is 0 Å². The van der Waals surface area contributed by atoms with E-state index in [0.29, 0.717) is 0 Å². The third-order valence-electron chi connectivity index (χ3n) is 5.48. The van der Waals surface area contributed by atoms with E-state index in [-0.39, 0.29) is 0 Å². The lowest BCUT2D eigenvalue weighted by atomic mass is 9.77. The van der Waals surface area contributed by atoms with Crippen LogP contribution in [0.3, 0.4) is 0 Å². The predicted octanol–water partition coefficient (Wildman–Crippen LogP) is 6.87. The Hall–Kier alpha value is -1.30. The fourth-order valence-electron chi connectivity index (χ4n) is 4.20. The van der Waals surface area contributed by atoms with Gasteiger partial charge in [0.25, 0.3) is 0 Å². The highest BCUT2D eigenvalue weighted by Gasteiger charge is 2.21. The topological polar surface area (TPSA) is 0 Å². The summed E-state index contributed by atoms with van der Waals surface area (Å²) in [6, 6.07) is 14.2. The van der Waals surface area contributed by atoms with Crippen molar-refractivity contribution in [3.8, 4) is 0 Å². The number of rotatable bonds is 5. The van der Waals surface area contributed by atoms with E-state index in [4.69, 9.17) is 0 Å². The molecule has 1 fully saturated rings. The number of fused-ring (bicyclic) bond motifs is 1. The third-order valence-corrected chi connectivity index (χ3v) is 5.48. The van der Waals surface area contributed by atoms with Gasteiger partial charge in [0.1, 0.15) is 0 Å². The molecule has 0 bridgehead atoms. The highest BCUT2D eigenvalue weighted by molar-refractivity contribution is 5.84. The van der Waals surface area contributed by atoms with Gasteiger partial charge in [-0.1, -0.05) is 69.5 Å². The second kappa shape index (κ2) is 7.31. The Kier molecular flexibility index (Phi) is 5.18. The average Bonchev–Trinajstić information content (AvgIpc) is 2.56. The zero-order valence-electron chi connectivity index (χ0n) is 14.3. The summed E-state index contributed by atoms with van der Waals surface area (Å²) in [5.74, 6) is 1.80. The molecule has 1 aliphatic rings. The number of aryl methyl sites for hydroxylation is 1. The lowest BCUT2D eigenvalue weighted by Gasteiger charge is -2.28. The maximum Gasteiger partial charge on any atom is -0.0162 e. The van der Waals surface area contributed by atoms with Crippen LogP contribution in [0.5, 0.6) is 0 Å². The lowest BCUT2D eigenvalue weighted by molar-refractivity contribution is 0.308. The molecule has 1 aliphatic carbocycles. The maximum atomic E-state index is 2.45. The zero-order chi connectivity index (χ0) is 15.4. The quantitative estimate of drug-likeness (QED) is 0.564. The molecule has 0 spiro atoms. The molecule has 0 amide bonds. The standard InChI is InChI=1S/C22H30/c1-3-5-17-7-10-19(11-8-17)21-14-13-20-15-18(6-4-2)9-12-22(20)16-21/h9,12-17,19H,3-8,10-11H2,1-2H3/t17-,19-. The van der Waals surface area contributed by atoms with Gasteiger partial charge >= 0.3 is 0 Å². The average molecular weight is 294 g/mol. The smallest absolute Gasteiger partial charge is 0.0162 e. The van der Waals surface area contributed by atoms with Crippen molar-refractivity contribution >= 4 is 10.8 Å². The van der Waals surface area contributed by atoms with Crippen LogP contribution in [0.25, 0.3) is 10.8 Å². The summed E-state index contributed by atoms with van der Waals surface area (Å²) in [7, 11) is 0. The molecule has 0 heterocycles. The first-order valence-electron chi connectivity index (χ1n) is 9.32. The van der Waals surface area contributed by atoms with E-state index >= 15 is 0 Å². The largest absolute Gasteiger partial charge is 0.0654 e. The van der Waals surface area contributed by atoms with Crippen molar-refractivity contribution in [2.45, 2.75) is 71.1 Å². The molecule has 0 aliphatic heterocycles. The molecule has 2 aromatic carbocycles. The SMILES string of the molecule is CCCc1ccc2cc([C@H]3CC[C@H](CCC)CC3)ccc2c1. The van der Waals surface area contributed by atoms with E-state index in [1.54, 1.807) is 5.56 Å². The minimum absolute atomic E-state index is 0.799. The van der Waals surface area contributed by atoms with E-state index < -0.39 is 0 Å². The van der Waals surface area contributed by atoms with Crippen LogP contribution in [0.4, 0.5) is 0 Å². The van der Waals surface area contributed by atoms with Gasteiger partial charge in [-0.25, -0.2) is 0 Å². The van der Waals surface area contributed by atoms with E-state index in [1.165, 1.54) is 67.7 Å². The van der Waals surface area contributed by atoms with Crippen LogP contribution >= 0.6 is 0 Å². The minimum atomic E-state index is 0.799. The Morgan fingerprint density at radius 1 is 0.818 bits per heavy atom. The van der Waals surface area contributed by atoms with Gasteiger partial charge in [-0.05, 0) is 65.8 Å². The van der Waals surface area contributed by atoms with Gasteiger partial charge in [-0.2, -0.15) is 0 Å². The molecule has 2 aromatic rings. The Morgan fingerprint density at radius 3 is 2.27 bits per heavy atom. The van der Waals surface area contributed by atoms with Crippen molar-refractivity contribution in [2.75, 3.05) is 0 Å². The summed E-state index contributed by atoms with van der Waals surface area (Å²) in [6.45, 7) is 4.57. The molecule has 22 heavy (non-hydrogen) atoms. The van der Waals surface area contributed by atoms with Gasteiger partial charge in [0.05, 0.1) is 0 Å². The Bertz CT molecular complexity index is 602. The van der Waals surface area contributed by atoms with Gasteiger partial charge in [0.2, 0.25) is 0 Å². The molecule has 0 heteroatoms. The van der Waals surface area contributed by atoms with Crippen molar-refractivity contribution in [1.82, 2.24) is 0 Å². The van der Waals surface area contributed by atoms with Crippen LogP contribution in [-0.2, 0) is 6.42 Å². The number of benzene rings is 2. The maximum absolute atomic E-state index is 2.45. The first-order chi connectivity index (χ1) is 10.8. The Balaban J connectivity index is 1.74. The van der Waals surface area contributed by atoms with E-state index in [2.05, 4.69) is 50.2 Å². The molecule has 118 valence electrons. The van der Waals surface area contributed by atoms with Crippen molar-refractivity contribution in [1.29, 1.82) is 0 Å². The summed E-state index contributed by atoms with van der Waals surface area (Å²) in [4.78, 5) is 0. The van der Waals surface area contributed by atoms with Crippen molar-refractivity contribution in [2.24, 2.45) is 5.92 Å². The summed E-state index contributed by atoms with van der Waals surface area (Å²) < 4.78 is 0. The predicted molar refractivity (Wildman–Crippen MR) is 97.6 cm³/mol. The van der Waals surface area contributed by atoms with E-state index in [0.717, 1.165) is 11.8 Å². The molecule has 0 aromatic heterocycles. The molecule has 0 unspecified atom stereocenters. The van der Waals surface area contributed by atoms with E-state index in [1.807, 2.05) is 0 Å². The van der Waals surface area contributed by atoms with Crippen molar-refractivity contribution in [3.05, 3.63) is 47.5 Å². The molecule has 3 rings (SSSR count). The second-order valence-corrected chi connectivity index (χ2v) is 7.20. The summed E-state index contributed by atoms with van der Waals surface area (Å²) in [6.07, 6.45) is 10.9. The summed E-state index contributed by atoms with van der Waals surface area (Å²) >= 11 is 0. The molecule has 0 atom stereocenters. The second-order valence-electron chi connectivity index (χ2n) is 7.20. The van der Waals surface area contributed by atoms with Crippen LogP contribution in [0.1, 0.15) is 75.8 Å². The molecular weight excluding hydrogens is 264 g/mol. The summed E-state index contributed by atoms with van der Waals surface area (Å²) in [5.41, 5.74) is 3.05. The summed E-state index contributed by atoms with van der Waals surface area (Å²) in [5, 5.41) is 2.84. The first kappa shape index (κ1) is 15.6. The Labute approximate surface area is 135 Å². The first-order valence-corrected chi connectivity index (χ1v) is 9.32. The molecule has 1 saturated carbocycles. The zero-order valence-corrected chi connectivity index (χ0v) is 14.3. The number of hydrogen-bond donors (Lipinski definition) is 0. The Morgan fingerprint density at radius 2 is 1.55 bits per heavy atom. The highest BCUT2D eigenvalue weighted by atomic mass is 14.3. The van der Waals surface area contributed by atoms with Crippen LogP contribution in [0, 0.1) is 5.92 Å². The third kappa shape index (κ3) is 3.54.